The number of rotatable bonds is 1. The van der Waals surface area contributed by atoms with Gasteiger partial charge in [0.2, 0.25) is 0 Å². The van der Waals surface area contributed by atoms with E-state index in [1.807, 2.05) is 12.1 Å². The summed E-state index contributed by atoms with van der Waals surface area (Å²) in [6, 6.07) is 7.80. The molecule has 3 rings (SSSR count). The normalized spacial score (nSPS) is 31.4. The molecular formula is C13H15NO3. The van der Waals surface area contributed by atoms with Crippen molar-refractivity contribution in [3.8, 4) is 0 Å². The van der Waals surface area contributed by atoms with Crippen LogP contribution in [0.25, 0.3) is 0 Å². The van der Waals surface area contributed by atoms with E-state index in [1.165, 1.54) is 11.1 Å². The third-order valence-electron chi connectivity index (χ3n) is 3.61. The van der Waals surface area contributed by atoms with Crippen LogP contribution in [0.3, 0.4) is 0 Å². The molecule has 0 bridgehead atoms. The van der Waals surface area contributed by atoms with Crippen LogP contribution in [0.15, 0.2) is 24.3 Å². The minimum absolute atomic E-state index is 0.00977. The van der Waals surface area contributed by atoms with Gasteiger partial charge in [-0.1, -0.05) is 24.3 Å². The number of benzene rings is 1. The van der Waals surface area contributed by atoms with Gasteiger partial charge in [0.1, 0.15) is 6.04 Å². The van der Waals surface area contributed by atoms with Gasteiger partial charge < -0.3 is 9.84 Å². The van der Waals surface area contributed by atoms with E-state index in [-0.39, 0.29) is 18.8 Å². The lowest BCUT2D eigenvalue weighted by Crippen LogP contribution is -2.55. The summed E-state index contributed by atoms with van der Waals surface area (Å²) in [4.78, 5) is 10.9. The number of hydrogen-bond acceptors (Lipinski definition) is 3. The Hall–Kier alpha value is -1.39. The molecular weight excluding hydrogens is 218 g/mol. The van der Waals surface area contributed by atoms with E-state index in [2.05, 4.69) is 17.4 Å². The SMILES string of the molecule is O=C(O)C1COC2c3ccccc3CCC2N1. The van der Waals surface area contributed by atoms with E-state index < -0.39 is 12.0 Å². The number of fused-ring (bicyclic) bond motifs is 3. The zero-order valence-corrected chi connectivity index (χ0v) is 9.43. The van der Waals surface area contributed by atoms with E-state index in [0.29, 0.717) is 0 Å². The summed E-state index contributed by atoms with van der Waals surface area (Å²) in [5.74, 6) is -0.831. The van der Waals surface area contributed by atoms with Gasteiger partial charge in [0.25, 0.3) is 0 Å². The average molecular weight is 233 g/mol. The number of ether oxygens (including phenoxy) is 1. The fraction of sp³-hybridized carbons (Fsp3) is 0.462. The predicted molar refractivity (Wildman–Crippen MR) is 61.8 cm³/mol. The molecule has 1 heterocycles. The molecule has 2 N–H and O–H groups in total. The maximum Gasteiger partial charge on any atom is 0.323 e. The van der Waals surface area contributed by atoms with Crippen molar-refractivity contribution in [1.29, 1.82) is 0 Å². The lowest BCUT2D eigenvalue weighted by atomic mass is 9.84. The number of nitrogens with one attached hydrogen (secondary N) is 1. The van der Waals surface area contributed by atoms with Crippen molar-refractivity contribution >= 4 is 5.97 Å². The van der Waals surface area contributed by atoms with Gasteiger partial charge in [0.15, 0.2) is 0 Å². The smallest absolute Gasteiger partial charge is 0.323 e. The van der Waals surface area contributed by atoms with Crippen molar-refractivity contribution in [2.45, 2.75) is 31.0 Å². The van der Waals surface area contributed by atoms with Crippen molar-refractivity contribution < 1.29 is 14.6 Å². The fourth-order valence-electron chi connectivity index (χ4n) is 2.74. The summed E-state index contributed by atoms with van der Waals surface area (Å²) in [6.07, 6.45) is 1.93. The van der Waals surface area contributed by atoms with Crippen LogP contribution in [0.4, 0.5) is 0 Å². The summed E-state index contributed by atoms with van der Waals surface area (Å²) < 4.78 is 5.74. The number of morpholine rings is 1. The monoisotopic (exact) mass is 233 g/mol. The van der Waals surface area contributed by atoms with Crippen LogP contribution < -0.4 is 5.32 Å². The van der Waals surface area contributed by atoms with Crippen LogP contribution >= 0.6 is 0 Å². The Balaban J connectivity index is 1.85. The Morgan fingerprint density at radius 3 is 3.06 bits per heavy atom. The Labute approximate surface area is 99.6 Å². The first-order valence-corrected chi connectivity index (χ1v) is 5.94. The zero-order valence-electron chi connectivity index (χ0n) is 9.43. The summed E-state index contributed by atoms with van der Waals surface area (Å²) in [5.41, 5.74) is 2.53. The van der Waals surface area contributed by atoms with Gasteiger partial charge in [-0.15, -0.1) is 0 Å². The molecule has 1 fully saturated rings. The average Bonchev–Trinajstić information content (AvgIpc) is 2.38. The number of aliphatic carboxylic acids is 1. The van der Waals surface area contributed by atoms with E-state index in [0.717, 1.165) is 12.8 Å². The molecule has 0 spiro atoms. The molecule has 1 aliphatic heterocycles. The van der Waals surface area contributed by atoms with Gasteiger partial charge in [0.05, 0.1) is 12.7 Å². The highest BCUT2D eigenvalue weighted by atomic mass is 16.5. The van der Waals surface area contributed by atoms with Crippen molar-refractivity contribution in [2.75, 3.05) is 6.61 Å². The molecule has 1 aromatic carbocycles. The zero-order chi connectivity index (χ0) is 11.8. The van der Waals surface area contributed by atoms with Crippen molar-refractivity contribution in [2.24, 2.45) is 0 Å². The van der Waals surface area contributed by atoms with E-state index >= 15 is 0 Å². The predicted octanol–water partition coefficient (Wildman–Crippen LogP) is 1.12. The van der Waals surface area contributed by atoms with Crippen LogP contribution in [-0.4, -0.2) is 29.8 Å². The molecule has 0 amide bonds. The summed E-state index contributed by atoms with van der Waals surface area (Å²) >= 11 is 0. The quantitative estimate of drug-likeness (QED) is 0.763. The van der Waals surface area contributed by atoms with Crippen molar-refractivity contribution in [3.63, 3.8) is 0 Å². The first-order chi connectivity index (χ1) is 8.25. The van der Waals surface area contributed by atoms with Gasteiger partial charge in [-0.3, -0.25) is 10.1 Å². The second-order valence-electron chi connectivity index (χ2n) is 4.66. The Kier molecular flexibility index (Phi) is 2.61. The van der Waals surface area contributed by atoms with Gasteiger partial charge in [-0.2, -0.15) is 0 Å². The minimum atomic E-state index is -0.831. The molecule has 2 aliphatic rings. The Bertz CT molecular complexity index is 446. The Morgan fingerprint density at radius 2 is 2.24 bits per heavy atom. The molecule has 90 valence electrons. The van der Waals surface area contributed by atoms with Gasteiger partial charge in [-0.25, -0.2) is 0 Å². The second kappa shape index (κ2) is 4.13. The third-order valence-corrected chi connectivity index (χ3v) is 3.61. The van der Waals surface area contributed by atoms with Crippen LogP contribution in [0.1, 0.15) is 23.7 Å². The van der Waals surface area contributed by atoms with Crippen molar-refractivity contribution in [1.82, 2.24) is 5.32 Å². The molecule has 3 unspecified atom stereocenters. The lowest BCUT2D eigenvalue weighted by Gasteiger charge is -2.40. The second-order valence-corrected chi connectivity index (χ2v) is 4.66. The highest BCUT2D eigenvalue weighted by Crippen LogP contribution is 2.34. The number of carbonyl (C=O) groups is 1. The summed E-state index contributed by atoms with van der Waals surface area (Å²) in [6.45, 7) is 0.241. The minimum Gasteiger partial charge on any atom is -0.480 e. The first-order valence-electron chi connectivity index (χ1n) is 5.94. The van der Waals surface area contributed by atoms with Crippen LogP contribution in [0.5, 0.6) is 0 Å². The molecule has 4 nitrogen and oxygen atoms in total. The van der Waals surface area contributed by atoms with Crippen molar-refractivity contribution in [3.05, 3.63) is 35.4 Å². The maximum atomic E-state index is 10.9. The number of hydrogen-bond donors (Lipinski definition) is 2. The molecule has 17 heavy (non-hydrogen) atoms. The van der Waals surface area contributed by atoms with E-state index in [9.17, 15) is 4.79 Å². The number of carboxylic acid groups (broad SMARTS) is 1. The maximum absolute atomic E-state index is 10.9. The molecule has 1 aromatic rings. The number of aryl methyl sites for hydroxylation is 1. The van der Waals surface area contributed by atoms with Crippen LogP contribution in [0.2, 0.25) is 0 Å². The van der Waals surface area contributed by atoms with Gasteiger partial charge >= 0.3 is 5.97 Å². The topological polar surface area (TPSA) is 58.6 Å². The van der Waals surface area contributed by atoms with E-state index in [1.54, 1.807) is 0 Å². The molecule has 3 atom stereocenters. The summed E-state index contributed by atoms with van der Waals surface area (Å²) in [5, 5.41) is 12.2. The molecule has 4 heteroatoms. The van der Waals surface area contributed by atoms with Crippen LogP contribution in [-0.2, 0) is 16.0 Å². The first kappa shape index (κ1) is 10.7. The summed E-state index contributed by atoms with van der Waals surface area (Å²) in [7, 11) is 0. The lowest BCUT2D eigenvalue weighted by molar-refractivity contribution is -0.146. The molecule has 0 aromatic heterocycles. The fourth-order valence-corrected chi connectivity index (χ4v) is 2.74. The third kappa shape index (κ3) is 1.83. The van der Waals surface area contributed by atoms with Gasteiger partial charge in [0, 0.05) is 6.04 Å². The molecule has 1 aliphatic carbocycles. The largest absolute Gasteiger partial charge is 0.480 e. The Morgan fingerprint density at radius 1 is 1.41 bits per heavy atom. The molecule has 0 radical (unpaired) electrons. The highest BCUT2D eigenvalue weighted by Gasteiger charge is 2.37. The van der Waals surface area contributed by atoms with E-state index in [4.69, 9.17) is 9.84 Å². The number of carboxylic acids is 1. The van der Waals surface area contributed by atoms with Gasteiger partial charge in [-0.05, 0) is 24.0 Å². The standard InChI is InChI=1S/C13H15NO3/c15-13(16)11-7-17-12-9-4-2-1-3-8(9)5-6-10(12)14-11/h1-4,10-12,14H,5-7H2,(H,15,16). The molecule has 1 saturated heterocycles. The molecule has 0 saturated carbocycles. The van der Waals surface area contributed by atoms with Crippen LogP contribution in [0, 0.1) is 0 Å². The highest BCUT2D eigenvalue weighted by molar-refractivity contribution is 5.73.